The Morgan fingerprint density at radius 1 is 1.21 bits per heavy atom. The quantitative estimate of drug-likeness (QED) is 0.452. The van der Waals surface area contributed by atoms with Crippen molar-refractivity contribution in [2.24, 2.45) is 0 Å². The van der Waals surface area contributed by atoms with Gasteiger partial charge in [-0.1, -0.05) is 28.9 Å². The Labute approximate surface area is 142 Å². The maximum absolute atomic E-state index is 5.66. The molecule has 5 heteroatoms. The third-order valence-electron chi connectivity index (χ3n) is 2.59. The smallest absolute Gasteiger partial charge is 0.133 e. The normalized spacial score (nSPS) is 12.4. The summed E-state index contributed by atoms with van der Waals surface area (Å²) in [7, 11) is 0. The molecule has 1 aromatic carbocycles. The third-order valence-corrected chi connectivity index (χ3v) is 5.79. The standard InChI is InChI=1S/C14H13Br3OS/c1-2-5-18-12-4-3-9(6-11(12)15)14(17)10-7-13(16)19-8-10/h3-4,6-8,14H,2,5H2,1H3. The zero-order chi connectivity index (χ0) is 13.8. The fourth-order valence-corrected chi connectivity index (χ4v) is 4.09. The van der Waals surface area contributed by atoms with Crippen LogP contribution in [0.1, 0.15) is 29.3 Å². The largest absolute Gasteiger partial charge is 0.492 e. The highest BCUT2D eigenvalue weighted by Crippen LogP contribution is 2.38. The van der Waals surface area contributed by atoms with E-state index in [9.17, 15) is 0 Å². The molecule has 0 radical (unpaired) electrons. The lowest BCUT2D eigenvalue weighted by Gasteiger charge is -2.12. The van der Waals surface area contributed by atoms with Gasteiger partial charge in [0.2, 0.25) is 0 Å². The summed E-state index contributed by atoms with van der Waals surface area (Å²) in [5, 5.41) is 2.15. The first kappa shape index (κ1) is 15.5. The fourth-order valence-electron chi connectivity index (χ4n) is 1.65. The fraction of sp³-hybridized carbons (Fsp3) is 0.286. The number of hydrogen-bond donors (Lipinski definition) is 0. The average molecular weight is 469 g/mol. The number of rotatable bonds is 5. The highest BCUT2D eigenvalue weighted by atomic mass is 79.9. The van der Waals surface area contributed by atoms with E-state index in [0.29, 0.717) is 0 Å². The predicted molar refractivity (Wildman–Crippen MR) is 92.7 cm³/mol. The maximum Gasteiger partial charge on any atom is 0.133 e. The first-order valence-corrected chi connectivity index (χ1v) is 9.30. The molecule has 1 nitrogen and oxygen atoms in total. The van der Waals surface area contributed by atoms with E-state index in [4.69, 9.17) is 4.74 Å². The molecular formula is C14H13Br3OS. The van der Waals surface area contributed by atoms with Crippen molar-refractivity contribution < 1.29 is 4.74 Å². The van der Waals surface area contributed by atoms with Crippen molar-refractivity contribution in [2.75, 3.05) is 6.61 Å². The maximum atomic E-state index is 5.66. The van der Waals surface area contributed by atoms with Crippen LogP contribution >= 0.6 is 59.1 Å². The van der Waals surface area contributed by atoms with Crippen molar-refractivity contribution in [3.05, 3.63) is 49.0 Å². The summed E-state index contributed by atoms with van der Waals surface area (Å²) in [4.78, 5) is 0.201. The minimum Gasteiger partial charge on any atom is -0.492 e. The van der Waals surface area contributed by atoms with Crippen LogP contribution in [0, 0.1) is 0 Å². The van der Waals surface area contributed by atoms with Gasteiger partial charge in [0.05, 0.1) is 19.7 Å². The van der Waals surface area contributed by atoms with Gasteiger partial charge in [0.1, 0.15) is 5.75 Å². The van der Waals surface area contributed by atoms with Crippen molar-refractivity contribution in [2.45, 2.75) is 18.2 Å². The predicted octanol–water partition coefficient (Wildman–Crippen LogP) is 6.55. The molecule has 2 rings (SSSR count). The van der Waals surface area contributed by atoms with Gasteiger partial charge in [0.25, 0.3) is 0 Å². The lowest BCUT2D eigenvalue weighted by Crippen LogP contribution is -1.97. The minimum atomic E-state index is 0.201. The molecule has 19 heavy (non-hydrogen) atoms. The van der Waals surface area contributed by atoms with Gasteiger partial charge >= 0.3 is 0 Å². The number of benzene rings is 1. The second kappa shape index (κ2) is 7.25. The second-order valence-electron chi connectivity index (χ2n) is 4.09. The molecule has 0 saturated carbocycles. The van der Waals surface area contributed by atoms with Crippen LogP contribution < -0.4 is 4.74 Å². The van der Waals surface area contributed by atoms with Crippen molar-refractivity contribution >= 4 is 59.1 Å². The van der Waals surface area contributed by atoms with Crippen LogP contribution in [0.2, 0.25) is 0 Å². The zero-order valence-electron chi connectivity index (χ0n) is 10.3. The molecule has 1 unspecified atom stereocenters. The summed E-state index contributed by atoms with van der Waals surface area (Å²) < 4.78 is 7.81. The van der Waals surface area contributed by atoms with E-state index in [2.05, 4.69) is 78.3 Å². The van der Waals surface area contributed by atoms with E-state index in [1.54, 1.807) is 11.3 Å². The van der Waals surface area contributed by atoms with Gasteiger partial charge in [0.15, 0.2) is 0 Å². The molecule has 1 heterocycles. The van der Waals surface area contributed by atoms with Gasteiger partial charge in [0, 0.05) is 0 Å². The Bertz CT molecular complexity index is 553. The van der Waals surface area contributed by atoms with Gasteiger partial charge in [-0.2, -0.15) is 0 Å². The summed E-state index contributed by atoms with van der Waals surface area (Å²) in [5.74, 6) is 0.900. The summed E-state index contributed by atoms with van der Waals surface area (Å²) in [6, 6.07) is 8.36. The van der Waals surface area contributed by atoms with Crippen LogP contribution in [-0.4, -0.2) is 6.61 Å². The Balaban J connectivity index is 2.19. The van der Waals surface area contributed by atoms with Crippen LogP contribution in [0.15, 0.2) is 37.9 Å². The van der Waals surface area contributed by atoms with Crippen molar-refractivity contribution in [3.63, 3.8) is 0 Å². The molecule has 0 aliphatic heterocycles. The van der Waals surface area contributed by atoms with Gasteiger partial charge in [-0.3, -0.25) is 0 Å². The Morgan fingerprint density at radius 2 is 2.00 bits per heavy atom. The SMILES string of the molecule is CCCOc1ccc(C(Br)c2csc(Br)c2)cc1Br. The van der Waals surface area contributed by atoms with Crippen LogP contribution in [-0.2, 0) is 0 Å². The molecule has 0 aliphatic carbocycles. The molecule has 1 atom stereocenters. The van der Waals surface area contributed by atoms with E-state index >= 15 is 0 Å². The van der Waals surface area contributed by atoms with Crippen molar-refractivity contribution in [1.29, 1.82) is 0 Å². The van der Waals surface area contributed by atoms with Gasteiger partial charge in [-0.05, 0) is 73.0 Å². The van der Waals surface area contributed by atoms with Crippen LogP contribution in [0.5, 0.6) is 5.75 Å². The van der Waals surface area contributed by atoms with Crippen LogP contribution in [0.25, 0.3) is 0 Å². The Kier molecular flexibility index (Phi) is 5.93. The number of thiophene rings is 1. The van der Waals surface area contributed by atoms with E-state index < -0.39 is 0 Å². The minimum absolute atomic E-state index is 0.201. The molecule has 0 N–H and O–H groups in total. The number of hydrogen-bond acceptors (Lipinski definition) is 2. The molecule has 0 bridgehead atoms. The molecule has 1 aromatic heterocycles. The number of alkyl halides is 1. The summed E-state index contributed by atoms with van der Waals surface area (Å²) in [6.45, 7) is 2.85. The molecule has 0 spiro atoms. The summed E-state index contributed by atoms with van der Waals surface area (Å²) in [6.07, 6.45) is 1.01. The van der Waals surface area contributed by atoms with E-state index in [0.717, 1.165) is 27.0 Å². The molecular weight excluding hydrogens is 456 g/mol. The first-order chi connectivity index (χ1) is 9.11. The average Bonchev–Trinajstić information content (AvgIpc) is 2.83. The zero-order valence-corrected chi connectivity index (χ0v) is 15.9. The Hall–Kier alpha value is 0.160. The molecule has 102 valence electrons. The number of halogens is 3. The van der Waals surface area contributed by atoms with E-state index in [1.165, 1.54) is 11.1 Å². The third kappa shape index (κ3) is 4.06. The topological polar surface area (TPSA) is 9.23 Å². The Morgan fingerprint density at radius 3 is 2.58 bits per heavy atom. The van der Waals surface area contributed by atoms with E-state index in [1.807, 2.05) is 6.07 Å². The lowest BCUT2D eigenvalue weighted by atomic mass is 10.1. The van der Waals surface area contributed by atoms with Crippen LogP contribution in [0.4, 0.5) is 0 Å². The monoisotopic (exact) mass is 466 g/mol. The van der Waals surface area contributed by atoms with Gasteiger partial charge in [-0.15, -0.1) is 11.3 Å². The molecule has 0 amide bonds. The van der Waals surface area contributed by atoms with Crippen molar-refractivity contribution in [1.82, 2.24) is 0 Å². The molecule has 0 saturated heterocycles. The van der Waals surface area contributed by atoms with E-state index in [-0.39, 0.29) is 4.83 Å². The molecule has 2 aromatic rings. The summed E-state index contributed by atoms with van der Waals surface area (Å²) in [5.41, 5.74) is 2.46. The number of ether oxygens (including phenoxy) is 1. The van der Waals surface area contributed by atoms with Gasteiger partial charge in [-0.25, -0.2) is 0 Å². The lowest BCUT2D eigenvalue weighted by molar-refractivity contribution is 0.315. The molecule has 0 aliphatic rings. The van der Waals surface area contributed by atoms with Crippen LogP contribution in [0.3, 0.4) is 0 Å². The summed E-state index contributed by atoms with van der Waals surface area (Å²) >= 11 is 12.5. The van der Waals surface area contributed by atoms with Crippen molar-refractivity contribution in [3.8, 4) is 5.75 Å². The highest BCUT2D eigenvalue weighted by Gasteiger charge is 2.13. The highest BCUT2D eigenvalue weighted by molar-refractivity contribution is 9.11. The molecule has 0 fully saturated rings. The second-order valence-corrected chi connectivity index (χ2v) is 8.15. The first-order valence-electron chi connectivity index (χ1n) is 5.92. The van der Waals surface area contributed by atoms with Gasteiger partial charge < -0.3 is 4.74 Å².